The number of benzene rings is 3. The number of nitrogens with zero attached hydrogens (tertiary/aromatic N) is 1. The Labute approximate surface area is 224 Å². The molecule has 0 fully saturated rings. The van der Waals surface area contributed by atoms with Crippen LogP contribution in [-0.4, -0.2) is 31.2 Å². The molecule has 36 heavy (non-hydrogen) atoms. The van der Waals surface area contributed by atoms with Gasteiger partial charge < -0.3 is 14.8 Å². The van der Waals surface area contributed by atoms with Crippen molar-refractivity contribution >= 4 is 45.6 Å². The summed E-state index contributed by atoms with van der Waals surface area (Å²) >= 11 is 9.52. The average Bonchev–Trinajstić information content (AvgIpc) is 2.87. The number of amides is 2. The fraction of sp³-hybridized carbons (Fsp3) is 0.222. The second-order valence-electron chi connectivity index (χ2n) is 8.23. The van der Waals surface area contributed by atoms with E-state index in [0.29, 0.717) is 34.3 Å². The van der Waals surface area contributed by atoms with Crippen molar-refractivity contribution in [2.45, 2.75) is 26.5 Å². The molecule has 3 aromatic rings. The van der Waals surface area contributed by atoms with Gasteiger partial charge in [-0.3, -0.25) is 9.59 Å². The van der Waals surface area contributed by atoms with Crippen LogP contribution in [0.15, 0.2) is 76.3 Å². The Kier molecular flexibility index (Phi) is 9.90. The maximum absolute atomic E-state index is 12.7. The molecule has 2 N–H and O–H groups in total. The molecular formula is C27H27BrClN3O4. The minimum absolute atomic E-state index is 0.172. The smallest absolute Gasteiger partial charge is 0.262 e. The molecule has 0 radical (unpaired) electrons. The van der Waals surface area contributed by atoms with Gasteiger partial charge in [0.1, 0.15) is 12.6 Å². The minimum atomic E-state index is -0.796. The maximum atomic E-state index is 12.7. The largest absolute Gasteiger partial charge is 0.493 e. The molecule has 7 nitrogen and oxygen atoms in total. The van der Waals surface area contributed by atoms with E-state index in [1.165, 1.54) is 6.21 Å². The van der Waals surface area contributed by atoms with E-state index in [2.05, 4.69) is 31.8 Å². The maximum Gasteiger partial charge on any atom is 0.262 e. The molecule has 0 aliphatic rings. The number of rotatable bonds is 10. The van der Waals surface area contributed by atoms with Crippen molar-refractivity contribution in [2.24, 2.45) is 11.0 Å². The van der Waals surface area contributed by atoms with Gasteiger partial charge in [-0.15, -0.1) is 0 Å². The number of hydrazone groups is 1. The third-order valence-electron chi connectivity index (χ3n) is 5.24. The van der Waals surface area contributed by atoms with Crippen molar-refractivity contribution in [3.63, 3.8) is 0 Å². The van der Waals surface area contributed by atoms with Crippen LogP contribution < -0.4 is 20.2 Å². The summed E-state index contributed by atoms with van der Waals surface area (Å²) in [7, 11) is 1.55. The van der Waals surface area contributed by atoms with E-state index in [-0.39, 0.29) is 5.92 Å². The first-order chi connectivity index (χ1) is 17.3. The zero-order valence-corrected chi connectivity index (χ0v) is 22.5. The van der Waals surface area contributed by atoms with E-state index in [0.717, 1.165) is 10.0 Å². The Morgan fingerprint density at radius 2 is 1.78 bits per heavy atom. The van der Waals surface area contributed by atoms with Gasteiger partial charge in [-0.05, 0) is 59.5 Å². The van der Waals surface area contributed by atoms with Crippen LogP contribution in [0.1, 0.15) is 35.3 Å². The van der Waals surface area contributed by atoms with Crippen molar-refractivity contribution in [1.82, 2.24) is 10.7 Å². The second kappa shape index (κ2) is 13.1. The zero-order valence-electron chi connectivity index (χ0n) is 20.1. The first-order valence-corrected chi connectivity index (χ1v) is 12.4. The highest BCUT2D eigenvalue weighted by Gasteiger charge is 2.25. The molecule has 3 rings (SSSR count). The molecule has 2 amide bonds. The van der Waals surface area contributed by atoms with Crippen molar-refractivity contribution in [3.8, 4) is 11.5 Å². The average molecular weight is 573 g/mol. The van der Waals surface area contributed by atoms with Crippen LogP contribution in [-0.2, 0) is 11.4 Å². The molecule has 0 aliphatic heterocycles. The van der Waals surface area contributed by atoms with E-state index >= 15 is 0 Å². The highest BCUT2D eigenvalue weighted by molar-refractivity contribution is 9.10. The van der Waals surface area contributed by atoms with E-state index in [9.17, 15) is 9.59 Å². The number of carbonyl (C=O) groups is 2. The van der Waals surface area contributed by atoms with Gasteiger partial charge in [0.15, 0.2) is 11.5 Å². The zero-order chi connectivity index (χ0) is 26.1. The van der Waals surface area contributed by atoms with E-state index in [1.54, 1.807) is 49.6 Å². The first-order valence-electron chi connectivity index (χ1n) is 11.2. The van der Waals surface area contributed by atoms with Crippen molar-refractivity contribution < 1.29 is 19.1 Å². The molecule has 0 bridgehead atoms. The SMILES string of the molecule is COc1cc(C=NNC(=O)C(NC(=O)c2ccccc2Cl)C(C)C)ccc1OCc1ccc(Br)cc1. The Bertz CT molecular complexity index is 1230. The molecule has 0 heterocycles. The Balaban J connectivity index is 1.61. The molecule has 0 spiro atoms. The highest BCUT2D eigenvalue weighted by atomic mass is 79.9. The quantitative estimate of drug-likeness (QED) is 0.245. The number of hydrogen-bond acceptors (Lipinski definition) is 5. The van der Waals surface area contributed by atoms with Gasteiger partial charge in [0, 0.05) is 4.47 Å². The van der Waals surface area contributed by atoms with Gasteiger partial charge in [-0.1, -0.05) is 65.6 Å². The molecule has 3 aromatic carbocycles. The minimum Gasteiger partial charge on any atom is -0.493 e. The van der Waals surface area contributed by atoms with Gasteiger partial charge >= 0.3 is 0 Å². The Hall–Kier alpha value is -3.36. The summed E-state index contributed by atoms with van der Waals surface area (Å²) in [6, 6.07) is 19.1. The lowest BCUT2D eigenvalue weighted by Crippen LogP contribution is -2.48. The predicted octanol–water partition coefficient (Wildman–Crippen LogP) is 5.59. The molecule has 0 aliphatic carbocycles. The summed E-state index contributed by atoms with van der Waals surface area (Å²) in [6.45, 7) is 4.06. The molecule has 1 atom stereocenters. The lowest BCUT2D eigenvalue weighted by molar-refractivity contribution is -0.123. The third kappa shape index (κ3) is 7.57. The number of carbonyl (C=O) groups excluding carboxylic acids is 2. The van der Waals surface area contributed by atoms with Crippen molar-refractivity contribution in [3.05, 3.63) is 92.9 Å². The Morgan fingerprint density at radius 1 is 1.06 bits per heavy atom. The highest BCUT2D eigenvalue weighted by Crippen LogP contribution is 2.28. The molecule has 188 valence electrons. The van der Waals surface area contributed by atoms with Crippen LogP contribution in [0.3, 0.4) is 0 Å². The number of hydrogen-bond donors (Lipinski definition) is 2. The van der Waals surface area contributed by atoms with Crippen molar-refractivity contribution in [1.29, 1.82) is 0 Å². The monoisotopic (exact) mass is 571 g/mol. The fourth-order valence-electron chi connectivity index (χ4n) is 3.26. The molecular weight excluding hydrogens is 546 g/mol. The van der Waals surface area contributed by atoms with Crippen LogP contribution in [0.25, 0.3) is 0 Å². The van der Waals surface area contributed by atoms with Gasteiger partial charge in [0.2, 0.25) is 0 Å². The second-order valence-corrected chi connectivity index (χ2v) is 9.56. The number of nitrogens with one attached hydrogen (secondary N) is 2. The summed E-state index contributed by atoms with van der Waals surface area (Å²) < 4.78 is 12.3. The van der Waals surface area contributed by atoms with E-state index < -0.39 is 17.9 Å². The van der Waals surface area contributed by atoms with Crippen LogP contribution in [0.5, 0.6) is 11.5 Å². The summed E-state index contributed by atoms with van der Waals surface area (Å²) in [5.41, 5.74) is 4.52. The van der Waals surface area contributed by atoms with Crippen LogP contribution in [0.4, 0.5) is 0 Å². The predicted molar refractivity (Wildman–Crippen MR) is 145 cm³/mol. The Morgan fingerprint density at radius 3 is 2.44 bits per heavy atom. The standard InChI is InChI=1S/C27H27BrClN3O4/c1-17(2)25(31-26(33)21-6-4-5-7-22(21)29)27(34)32-30-15-19-10-13-23(24(14-19)35-3)36-16-18-8-11-20(28)12-9-18/h4-15,17,25H,16H2,1-3H3,(H,31,33)(H,32,34). The summed E-state index contributed by atoms with van der Waals surface area (Å²) in [4.78, 5) is 25.3. The molecule has 0 saturated carbocycles. The molecule has 0 saturated heterocycles. The van der Waals surface area contributed by atoms with E-state index in [1.807, 2.05) is 38.1 Å². The van der Waals surface area contributed by atoms with Gasteiger partial charge in [-0.25, -0.2) is 5.43 Å². The lowest BCUT2D eigenvalue weighted by Gasteiger charge is -2.20. The van der Waals surface area contributed by atoms with Crippen molar-refractivity contribution in [2.75, 3.05) is 7.11 Å². The lowest BCUT2D eigenvalue weighted by atomic mass is 10.0. The number of halogens is 2. The first kappa shape index (κ1) is 27.2. The van der Waals surface area contributed by atoms with Crippen LogP contribution >= 0.6 is 27.5 Å². The molecule has 0 aromatic heterocycles. The fourth-order valence-corrected chi connectivity index (χ4v) is 3.75. The van der Waals surface area contributed by atoms with Gasteiger partial charge in [0.05, 0.1) is 23.9 Å². The number of methoxy groups -OCH3 is 1. The molecule has 9 heteroatoms. The topological polar surface area (TPSA) is 89.0 Å². The summed E-state index contributed by atoms with van der Waals surface area (Å²) in [5, 5.41) is 7.09. The van der Waals surface area contributed by atoms with Crippen LogP contribution in [0, 0.1) is 5.92 Å². The number of ether oxygens (including phenoxy) is 2. The van der Waals surface area contributed by atoms with Gasteiger partial charge in [-0.2, -0.15) is 5.10 Å². The van der Waals surface area contributed by atoms with Gasteiger partial charge in [0.25, 0.3) is 11.8 Å². The van der Waals surface area contributed by atoms with E-state index in [4.69, 9.17) is 21.1 Å². The normalized spacial score (nSPS) is 11.8. The van der Waals surface area contributed by atoms with Crippen LogP contribution in [0.2, 0.25) is 5.02 Å². The molecule has 1 unspecified atom stereocenters. The third-order valence-corrected chi connectivity index (χ3v) is 6.10. The summed E-state index contributed by atoms with van der Waals surface area (Å²) in [5.74, 6) is 0.0806. The summed E-state index contributed by atoms with van der Waals surface area (Å²) in [6.07, 6.45) is 1.49.